The van der Waals surface area contributed by atoms with Crippen molar-refractivity contribution in [3.63, 3.8) is 0 Å². The number of hydrogen-bond acceptors (Lipinski definition) is 4. The maximum atomic E-state index is 12.7. The number of nitrogens with zero attached hydrogens (tertiary/aromatic N) is 1. The fourth-order valence-corrected chi connectivity index (χ4v) is 3.51. The number of methoxy groups -OCH3 is 1. The number of hydrogen-bond donors (Lipinski definition) is 0. The van der Waals surface area contributed by atoms with Gasteiger partial charge in [0.05, 0.1) is 38.5 Å². The van der Waals surface area contributed by atoms with E-state index in [1.165, 1.54) is 5.56 Å². The fourth-order valence-electron chi connectivity index (χ4n) is 3.51. The number of amides is 1. The van der Waals surface area contributed by atoms with Crippen molar-refractivity contribution in [2.45, 2.75) is 44.6 Å². The molecule has 2 aliphatic heterocycles. The first-order valence-electron chi connectivity index (χ1n) is 8.87. The molecule has 0 aliphatic carbocycles. The highest BCUT2D eigenvalue weighted by Crippen LogP contribution is 2.41. The molecule has 1 fully saturated rings. The van der Waals surface area contributed by atoms with E-state index in [2.05, 4.69) is 13.0 Å². The predicted molar refractivity (Wildman–Crippen MR) is 92.8 cm³/mol. The van der Waals surface area contributed by atoms with E-state index in [0.29, 0.717) is 25.6 Å². The van der Waals surface area contributed by atoms with Crippen LogP contribution in [-0.4, -0.2) is 45.5 Å². The van der Waals surface area contributed by atoms with Crippen LogP contribution in [0.1, 0.15) is 44.1 Å². The lowest BCUT2D eigenvalue weighted by Gasteiger charge is -2.34. The number of carbonyl (C=O) groups is 1. The number of rotatable bonds is 6. The van der Waals surface area contributed by atoms with E-state index in [0.717, 1.165) is 43.9 Å². The van der Waals surface area contributed by atoms with Crippen LogP contribution >= 0.6 is 0 Å². The first-order valence-corrected chi connectivity index (χ1v) is 8.87. The van der Waals surface area contributed by atoms with Crippen molar-refractivity contribution in [2.24, 2.45) is 0 Å². The van der Waals surface area contributed by atoms with Crippen molar-refractivity contribution in [1.29, 1.82) is 0 Å². The first-order chi connectivity index (χ1) is 11.7. The highest BCUT2D eigenvalue weighted by atomic mass is 16.5. The Balaban J connectivity index is 1.60. The number of benzene rings is 1. The fraction of sp³-hybridized carbons (Fsp3) is 0.632. The molecular formula is C19H27NO4. The van der Waals surface area contributed by atoms with Crippen molar-refractivity contribution >= 4 is 11.6 Å². The van der Waals surface area contributed by atoms with E-state index < -0.39 is 0 Å². The van der Waals surface area contributed by atoms with Gasteiger partial charge in [0.25, 0.3) is 0 Å². The first kappa shape index (κ1) is 17.2. The summed E-state index contributed by atoms with van der Waals surface area (Å²) in [5.41, 5.74) is 2.12. The molecule has 1 saturated heterocycles. The molecule has 3 rings (SSSR count). The minimum absolute atomic E-state index is 0.0972. The Morgan fingerprint density at radius 1 is 1.38 bits per heavy atom. The van der Waals surface area contributed by atoms with Gasteiger partial charge in [0, 0.05) is 13.2 Å². The quantitative estimate of drug-likeness (QED) is 0.751. The topological polar surface area (TPSA) is 48.0 Å². The van der Waals surface area contributed by atoms with Crippen molar-refractivity contribution in [3.05, 3.63) is 23.8 Å². The zero-order valence-electron chi connectivity index (χ0n) is 14.6. The normalized spacial score (nSPS) is 23.2. The Morgan fingerprint density at radius 3 is 3.00 bits per heavy atom. The monoisotopic (exact) mass is 333 g/mol. The third-order valence-corrected chi connectivity index (χ3v) is 4.93. The van der Waals surface area contributed by atoms with Crippen molar-refractivity contribution in [1.82, 2.24) is 0 Å². The third kappa shape index (κ3) is 3.73. The second-order valence-corrected chi connectivity index (χ2v) is 6.59. The molecule has 1 aromatic carbocycles. The summed E-state index contributed by atoms with van der Waals surface area (Å²) in [6.07, 6.45) is 3.73. The molecule has 5 heteroatoms. The molecular weight excluding hydrogens is 306 g/mol. The maximum Gasteiger partial charge on any atom is 0.229 e. The lowest BCUT2D eigenvalue weighted by molar-refractivity contribution is -0.120. The van der Waals surface area contributed by atoms with Gasteiger partial charge in [-0.3, -0.25) is 4.79 Å². The van der Waals surface area contributed by atoms with Gasteiger partial charge >= 0.3 is 0 Å². The van der Waals surface area contributed by atoms with Gasteiger partial charge < -0.3 is 19.1 Å². The van der Waals surface area contributed by atoms with E-state index in [9.17, 15) is 4.79 Å². The minimum Gasteiger partial charge on any atom is -0.495 e. The van der Waals surface area contributed by atoms with Crippen molar-refractivity contribution in [2.75, 3.05) is 38.4 Å². The Labute approximate surface area is 143 Å². The average molecular weight is 333 g/mol. The summed E-state index contributed by atoms with van der Waals surface area (Å²) in [6.45, 7) is 4.79. The summed E-state index contributed by atoms with van der Waals surface area (Å²) >= 11 is 0. The summed E-state index contributed by atoms with van der Waals surface area (Å²) in [6, 6.07) is 6.01. The summed E-state index contributed by atoms with van der Waals surface area (Å²) in [7, 11) is 1.66. The molecule has 0 aromatic heterocycles. The molecule has 0 unspecified atom stereocenters. The second-order valence-electron chi connectivity index (χ2n) is 6.59. The molecule has 0 bridgehead atoms. The molecule has 0 spiro atoms. The minimum atomic E-state index is 0.0972. The number of carbonyl (C=O) groups excluding carboxylic acids is 1. The van der Waals surface area contributed by atoms with Gasteiger partial charge in [-0.25, -0.2) is 0 Å². The van der Waals surface area contributed by atoms with Crippen LogP contribution in [0.2, 0.25) is 0 Å². The van der Waals surface area contributed by atoms with E-state index in [-0.39, 0.29) is 12.0 Å². The summed E-state index contributed by atoms with van der Waals surface area (Å²) < 4.78 is 16.7. The Morgan fingerprint density at radius 2 is 2.25 bits per heavy atom. The maximum absolute atomic E-state index is 12.7. The molecule has 5 nitrogen and oxygen atoms in total. The Bertz CT molecular complexity index is 568. The summed E-state index contributed by atoms with van der Waals surface area (Å²) in [4.78, 5) is 14.6. The number of fused-ring (bicyclic) bond motifs is 1. The standard InChI is InChI=1S/C19H27NO4/c1-14-8-10-20(19-16(14)6-3-7-17(19)22-2)18(21)9-12-23-13-15-5-4-11-24-15/h3,6-7,14-15H,4-5,8-13H2,1-2H3/t14-,15-/m1/s1. The largest absolute Gasteiger partial charge is 0.495 e. The molecule has 2 atom stereocenters. The Hall–Kier alpha value is -1.59. The molecule has 1 aromatic rings. The van der Waals surface area contributed by atoms with Gasteiger partial charge in [-0.1, -0.05) is 19.1 Å². The lowest BCUT2D eigenvalue weighted by Crippen LogP contribution is -2.37. The van der Waals surface area contributed by atoms with Crippen molar-refractivity contribution < 1.29 is 19.0 Å². The zero-order chi connectivity index (χ0) is 16.9. The third-order valence-electron chi connectivity index (χ3n) is 4.93. The zero-order valence-corrected chi connectivity index (χ0v) is 14.6. The van der Waals surface area contributed by atoms with Crippen molar-refractivity contribution in [3.8, 4) is 5.75 Å². The van der Waals surface area contributed by atoms with Crippen LogP contribution in [0.25, 0.3) is 0 Å². The van der Waals surface area contributed by atoms with Gasteiger partial charge in [0.1, 0.15) is 5.75 Å². The smallest absolute Gasteiger partial charge is 0.229 e. The van der Waals surface area contributed by atoms with Gasteiger partial charge in [-0.15, -0.1) is 0 Å². The van der Waals surface area contributed by atoms with Crippen LogP contribution in [0, 0.1) is 0 Å². The highest BCUT2D eigenvalue weighted by molar-refractivity contribution is 5.96. The van der Waals surface area contributed by atoms with Crippen LogP contribution in [0.3, 0.4) is 0 Å². The Kier molecular flexibility index (Phi) is 5.74. The summed E-state index contributed by atoms with van der Waals surface area (Å²) in [5.74, 6) is 1.31. The molecule has 132 valence electrons. The van der Waals surface area contributed by atoms with E-state index >= 15 is 0 Å². The SMILES string of the molecule is COc1cccc2c1N(C(=O)CCOC[C@H]1CCCO1)CC[C@H]2C. The summed E-state index contributed by atoms with van der Waals surface area (Å²) in [5, 5.41) is 0. The van der Waals surface area contributed by atoms with E-state index in [1.54, 1.807) is 7.11 Å². The highest BCUT2D eigenvalue weighted by Gasteiger charge is 2.29. The average Bonchev–Trinajstić information content (AvgIpc) is 3.12. The molecule has 24 heavy (non-hydrogen) atoms. The molecule has 0 N–H and O–H groups in total. The number of para-hydroxylation sites is 1. The van der Waals surface area contributed by atoms with Gasteiger partial charge in [-0.05, 0) is 36.8 Å². The van der Waals surface area contributed by atoms with E-state index in [4.69, 9.17) is 14.2 Å². The lowest BCUT2D eigenvalue weighted by atomic mass is 9.91. The van der Waals surface area contributed by atoms with Gasteiger partial charge in [-0.2, -0.15) is 0 Å². The van der Waals surface area contributed by atoms with Crippen LogP contribution in [0.15, 0.2) is 18.2 Å². The number of anilines is 1. The van der Waals surface area contributed by atoms with E-state index in [1.807, 2.05) is 17.0 Å². The molecule has 0 radical (unpaired) electrons. The van der Waals surface area contributed by atoms with Crippen LogP contribution in [0.5, 0.6) is 5.75 Å². The van der Waals surface area contributed by atoms with Gasteiger partial charge in [0.15, 0.2) is 0 Å². The molecule has 2 heterocycles. The predicted octanol–water partition coefficient (Wildman–Crippen LogP) is 3.12. The van der Waals surface area contributed by atoms with Crippen LogP contribution in [0.4, 0.5) is 5.69 Å². The second kappa shape index (κ2) is 7.99. The van der Waals surface area contributed by atoms with Crippen LogP contribution in [-0.2, 0) is 14.3 Å². The molecule has 0 saturated carbocycles. The molecule has 2 aliphatic rings. The van der Waals surface area contributed by atoms with Gasteiger partial charge in [0.2, 0.25) is 5.91 Å². The van der Waals surface area contributed by atoms with Crippen LogP contribution < -0.4 is 9.64 Å². The molecule has 1 amide bonds. The number of ether oxygens (including phenoxy) is 3.